The summed E-state index contributed by atoms with van der Waals surface area (Å²) in [6.45, 7) is 0.243. The first-order valence-electron chi connectivity index (χ1n) is 6.48. The lowest BCUT2D eigenvalue weighted by atomic mass is 9.85. The second kappa shape index (κ2) is 6.90. The lowest BCUT2D eigenvalue weighted by Gasteiger charge is -2.23. The summed E-state index contributed by atoms with van der Waals surface area (Å²) in [6.07, 6.45) is 3.01. The molecule has 1 aromatic rings. The molecule has 0 radical (unpaired) electrons. The number of carbonyl (C=O) groups is 1. The molecule has 1 N–H and O–H groups in total. The molecule has 1 aliphatic rings. The zero-order valence-electron chi connectivity index (χ0n) is 10.9. The molecule has 1 aliphatic carbocycles. The molecule has 1 fully saturated rings. The predicted molar refractivity (Wildman–Crippen MR) is 70.0 cm³/mol. The van der Waals surface area contributed by atoms with Gasteiger partial charge in [0.2, 0.25) is 5.91 Å². The van der Waals surface area contributed by atoms with Gasteiger partial charge in [0, 0.05) is 12.0 Å². The van der Waals surface area contributed by atoms with Crippen LogP contribution in [0.4, 0.5) is 8.78 Å². The summed E-state index contributed by atoms with van der Waals surface area (Å²) in [7, 11) is 0. The van der Waals surface area contributed by atoms with Crippen LogP contribution in [-0.2, 0) is 4.79 Å². The molecular weight excluding hydrogens is 264 g/mol. The van der Waals surface area contributed by atoms with Gasteiger partial charge in [-0.25, -0.2) is 8.78 Å². The number of carbonyl (C=O) groups excluding carboxylic acids is 1. The molecule has 0 heterocycles. The summed E-state index contributed by atoms with van der Waals surface area (Å²) in [5, 5.41) is 2.71. The van der Waals surface area contributed by atoms with E-state index in [1.807, 2.05) is 0 Å². The number of benzene rings is 1. The number of nitrogens with one attached hydrogen (secondary N) is 1. The van der Waals surface area contributed by atoms with E-state index in [1.165, 1.54) is 6.07 Å². The van der Waals surface area contributed by atoms with Gasteiger partial charge in [0.05, 0.1) is 6.54 Å². The highest BCUT2D eigenvalue weighted by molar-refractivity contribution is 5.79. The van der Waals surface area contributed by atoms with Crippen LogP contribution >= 0.6 is 0 Å². The van der Waals surface area contributed by atoms with Crippen molar-refractivity contribution in [2.75, 3.05) is 13.2 Å². The van der Waals surface area contributed by atoms with Crippen molar-refractivity contribution in [1.82, 2.24) is 5.32 Å². The Hall–Kier alpha value is -2.09. The summed E-state index contributed by atoms with van der Waals surface area (Å²) < 4.78 is 30.9. The van der Waals surface area contributed by atoms with Crippen molar-refractivity contribution in [3.8, 4) is 17.6 Å². The molecule has 1 amide bonds. The first-order valence-corrected chi connectivity index (χ1v) is 6.48. The Balaban J connectivity index is 1.68. The molecule has 0 atom stereocenters. The van der Waals surface area contributed by atoms with E-state index in [-0.39, 0.29) is 30.7 Å². The second-order valence-corrected chi connectivity index (χ2v) is 4.56. The van der Waals surface area contributed by atoms with Gasteiger partial charge in [0.15, 0.2) is 11.6 Å². The van der Waals surface area contributed by atoms with Crippen LogP contribution in [0.25, 0.3) is 0 Å². The van der Waals surface area contributed by atoms with E-state index >= 15 is 0 Å². The summed E-state index contributed by atoms with van der Waals surface area (Å²) in [5.74, 6) is 4.10. The molecule has 106 valence electrons. The fourth-order valence-corrected chi connectivity index (χ4v) is 1.77. The molecule has 20 heavy (non-hydrogen) atoms. The van der Waals surface area contributed by atoms with Gasteiger partial charge in [-0.1, -0.05) is 18.3 Å². The fraction of sp³-hybridized carbons (Fsp3) is 0.400. The standard InChI is InChI=1S/C15H15F2NO2/c16-12-6-7-14(13(17)10-12)20-9-2-1-8-18-15(19)11-4-3-5-11/h6-7,10-11H,3-5,8-9H2,(H,18,19). The van der Waals surface area contributed by atoms with Crippen molar-refractivity contribution in [2.24, 2.45) is 5.92 Å². The quantitative estimate of drug-likeness (QED) is 0.859. The van der Waals surface area contributed by atoms with Crippen LogP contribution in [0, 0.1) is 29.4 Å². The summed E-state index contributed by atoms with van der Waals surface area (Å²) in [6, 6.07) is 3.08. The number of hydrogen-bond donors (Lipinski definition) is 1. The largest absolute Gasteiger partial charge is 0.478 e. The Bertz CT molecular complexity index is 545. The highest BCUT2D eigenvalue weighted by Gasteiger charge is 2.24. The lowest BCUT2D eigenvalue weighted by molar-refractivity contribution is -0.127. The predicted octanol–water partition coefficient (Wildman–Crippen LogP) is 2.26. The third-order valence-corrected chi connectivity index (χ3v) is 3.15. The molecule has 0 unspecified atom stereocenters. The third-order valence-electron chi connectivity index (χ3n) is 3.15. The molecule has 0 spiro atoms. The van der Waals surface area contributed by atoms with Crippen molar-refractivity contribution in [2.45, 2.75) is 19.3 Å². The smallest absolute Gasteiger partial charge is 0.223 e. The SMILES string of the molecule is O=C(NCC#CCOc1ccc(F)cc1F)C1CCC1. The molecule has 0 saturated heterocycles. The zero-order valence-corrected chi connectivity index (χ0v) is 10.9. The van der Waals surface area contributed by atoms with E-state index in [0.29, 0.717) is 0 Å². The molecule has 2 rings (SSSR count). The average molecular weight is 279 g/mol. The van der Waals surface area contributed by atoms with E-state index in [2.05, 4.69) is 17.2 Å². The molecule has 1 aromatic carbocycles. The van der Waals surface area contributed by atoms with E-state index in [1.54, 1.807) is 0 Å². The minimum Gasteiger partial charge on any atom is -0.478 e. The van der Waals surface area contributed by atoms with Crippen molar-refractivity contribution in [3.63, 3.8) is 0 Å². The zero-order chi connectivity index (χ0) is 14.4. The molecule has 0 aromatic heterocycles. The van der Waals surface area contributed by atoms with Crippen LogP contribution in [-0.4, -0.2) is 19.1 Å². The monoisotopic (exact) mass is 279 g/mol. The minimum atomic E-state index is -0.759. The Morgan fingerprint density at radius 2 is 2.15 bits per heavy atom. The van der Waals surface area contributed by atoms with Crippen molar-refractivity contribution >= 4 is 5.91 Å². The average Bonchev–Trinajstić information content (AvgIpc) is 2.33. The van der Waals surface area contributed by atoms with Crippen LogP contribution in [0.2, 0.25) is 0 Å². The maximum absolute atomic E-state index is 13.2. The summed E-state index contributed by atoms with van der Waals surface area (Å²) in [4.78, 5) is 11.5. The van der Waals surface area contributed by atoms with E-state index in [0.717, 1.165) is 31.4 Å². The number of rotatable bonds is 4. The highest BCUT2D eigenvalue weighted by Crippen LogP contribution is 2.25. The Morgan fingerprint density at radius 1 is 1.35 bits per heavy atom. The maximum atomic E-state index is 13.2. The number of ether oxygens (including phenoxy) is 1. The van der Waals surface area contributed by atoms with Gasteiger partial charge in [-0.05, 0) is 25.0 Å². The maximum Gasteiger partial charge on any atom is 0.223 e. The van der Waals surface area contributed by atoms with Gasteiger partial charge in [0.1, 0.15) is 12.4 Å². The van der Waals surface area contributed by atoms with Crippen LogP contribution < -0.4 is 10.1 Å². The van der Waals surface area contributed by atoms with Gasteiger partial charge in [-0.3, -0.25) is 4.79 Å². The molecule has 1 saturated carbocycles. The van der Waals surface area contributed by atoms with E-state index in [9.17, 15) is 13.6 Å². The van der Waals surface area contributed by atoms with Gasteiger partial charge < -0.3 is 10.1 Å². The Kier molecular flexibility index (Phi) is 4.94. The summed E-state index contributed by atoms with van der Waals surface area (Å²) >= 11 is 0. The van der Waals surface area contributed by atoms with E-state index < -0.39 is 11.6 Å². The molecule has 0 bridgehead atoms. The van der Waals surface area contributed by atoms with Crippen LogP contribution in [0.5, 0.6) is 5.75 Å². The molecule has 3 nitrogen and oxygen atoms in total. The number of halogens is 2. The van der Waals surface area contributed by atoms with Gasteiger partial charge in [0.25, 0.3) is 0 Å². The fourth-order valence-electron chi connectivity index (χ4n) is 1.77. The van der Waals surface area contributed by atoms with Gasteiger partial charge in [-0.15, -0.1) is 0 Å². The minimum absolute atomic E-state index is 0.0121. The van der Waals surface area contributed by atoms with Gasteiger partial charge in [-0.2, -0.15) is 0 Å². The third kappa shape index (κ3) is 3.95. The Labute approximate surface area is 116 Å². The molecule has 5 heteroatoms. The topological polar surface area (TPSA) is 38.3 Å². The van der Waals surface area contributed by atoms with Crippen LogP contribution in [0.3, 0.4) is 0 Å². The second-order valence-electron chi connectivity index (χ2n) is 4.56. The Morgan fingerprint density at radius 3 is 2.80 bits per heavy atom. The van der Waals surface area contributed by atoms with Crippen molar-refractivity contribution in [1.29, 1.82) is 0 Å². The lowest BCUT2D eigenvalue weighted by Crippen LogP contribution is -2.34. The van der Waals surface area contributed by atoms with Crippen LogP contribution in [0.15, 0.2) is 18.2 Å². The number of hydrogen-bond acceptors (Lipinski definition) is 2. The molecule has 0 aliphatic heterocycles. The number of amides is 1. The van der Waals surface area contributed by atoms with Crippen molar-refractivity contribution < 1.29 is 18.3 Å². The highest BCUT2D eigenvalue weighted by atomic mass is 19.1. The first kappa shape index (κ1) is 14.3. The van der Waals surface area contributed by atoms with E-state index in [4.69, 9.17) is 4.74 Å². The first-order chi connectivity index (χ1) is 9.66. The normalized spacial score (nSPS) is 13.9. The van der Waals surface area contributed by atoms with Crippen LogP contribution in [0.1, 0.15) is 19.3 Å². The summed E-state index contributed by atoms with van der Waals surface area (Å²) in [5.41, 5.74) is 0. The van der Waals surface area contributed by atoms with Crippen molar-refractivity contribution in [3.05, 3.63) is 29.8 Å². The molecular formula is C15H15F2NO2. The van der Waals surface area contributed by atoms with Gasteiger partial charge >= 0.3 is 0 Å².